The fourth-order valence-electron chi connectivity index (χ4n) is 1.85. The molecule has 0 aromatic carbocycles. The molecule has 1 heterocycles. The first-order valence-electron chi connectivity index (χ1n) is 6.39. The van der Waals surface area contributed by atoms with Crippen molar-refractivity contribution < 1.29 is 13.2 Å². The van der Waals surface area contributed by atoms with E-state index < -0.39 is 11.7 Å². The minimum Gasteiger partial charge on any atom is -0.261 e. The molecule has 18 heavy (non-hydrogen) atoms. The molecule has 1 atom stereocenters. The van der Waals surface area contributed by atoms with Gasteiger partial charge in [-0.2, -0.15) is 13.2 Å². The zero-order chi connectivity index (χ0) is 14.3. The van der Waals surface area contributed by atoms with Crippen LogP contribution in [-0.2, 0) is 6.18 Å². The summed E-state index contributed by atoms with van der Waals surface area (Å²) in [5.74, 6) is 0.378. The smallest absolute Gasteiger partial charge is 0.261 e. The van der Waals surface area contributed by atoms with Gasteiger partial charge in [0.25, 0.3) is 0 Å². The lowest BCUT2D eigenvalue weighted by Gasteiger charge is -2.19. The van der Waals surface area contributed by atoms with Crippen LogP contribution in [0.3, 0.4) is 0 Å². The molecule has 0 aliphatic rings. The lowest BCUT2D eigenvalue weighted by molar-refractivity contribution is -0.137. The number of halogens is 3. The second-order valence-corrected chi connectivity index (χ2v) is 4.23. The SMILES string of the molecule is CC.CCC(c1cc(C(F)(F)F)ccn1)C(C)C. The summed E-state index contributed by atoms with van der Waals surface area (Å²) in [6.45, 7) is 9.96. The molecule has 1 unspecified atom stereocenters. The highest BCUT2D eigenvalue weighted by molar-refractivity contribution is 5.22. The van der Waals surface area contributed by atoms with Gasteiger partial charge in [0.1, 0.15) is 0 Å². The van der Waals surface area contributed by atoms with E-state index in [0.717, 1.165) is 18.6 Å². The largest absolute Gasteiger partial charge is 0.416 e. The molecule has 4 heteroatoms. The Labute approximate surface area is 107 Å². The Morgan fingerprint density at radius 2 is 1.78 bits per heavy atom. The van der Waals surface area contributed by atoms with Crippen LogP contribution in [0.15, 0.2) is 18.3 Å². The lowest BCUT2D eigenvalue weighted by atomic mass is 9.89. The summed E-state index contributed by atoms with van der Waals surface area (Å²) in [6.07, 6.45) is -2.25. The van der Waals surface area contributed by atoms with E-state index >= 15 is 0 Å². The maximum Gasteiger partial charge on any atom is 0.416 e. The van der Waals surface area contributed by atoms with E-state index in [1.807, 2.05) is 34.6 Å². The van der Waals surface area contributed by atoms with E-state index in [4.69, 9.17) is 0 Å². The third-order valence-electron chi connectivity index (χ3n) is 2.73. The van der Waals surface area contributed by atoms with Gasteiger partial charge in [-0.05, 0) is 24.5 Å². The minimum atomic E-state index is -4.28. The van der Waals surface area contributed by atoms with Crippen molar-refractivity contribution in [2.24, 2.45) is 5.92 Å². The van der Waals surface area contributed by atoms with Gasteiger partial charge in [-0.1, -0.05) is 34.6 Å². The van der Waals surface area contributed by atoms with Crippen molar-refractivity contribution in [2.75, 3.05) is 0 Å². The molecule has 1 aromatic heterocycles. The Hall–Kier alpha value is -1.06. The number of hydrogen-bond acceptors (Lipinski definition) is 1. The molecule has 0 fully saturated rings. The quantitative estimate of drug-likeness (QED) is 0.721. The van der Waals surface area contributed by atoms with Gasteiger partial charge in [-0.3, -0.25) is 4.98 Å². The van der Waals surface area contributed by atoms with Crippen LogP contribution in [-0.4, -0.2) is 4.98 Å². The maximum absolute atomic E-state index is 12.5. The Morgan fingerprint density at radius 1 is 1.22 bits per heavy atom. The third kappa shape index (κ3) is 4.67. The molecule has 0 aliphatic carbocycles. The van der Waals surface area contributed by atoms with Crippen LogP contribution in [0.1, 0.15) is 58.2 Å². The summed E-state index contributed by atoms with van der Waals surface area (Å²) < 4.78 is 37.5. The van der Waals surface area contributed by atoms with Gasteiger partial charge >= 0.3 is 6.18 Å². The minimum absolute atomic E-state index is 0.0855. The third-order valence-corrected chi connectivity index (χ3v) is 2.73. The predicted molar refractivity (Wildman–Crippen MR) is 68.5 cm³/mol. The zero-order valence-corrected chi connectivity index (χ0v) is 11.7. The first-order valence-corrected chi connectivity index (χ1v) is 6.39. The lowest BCUT2D eigenvalue weighted by Crippen LogP contribution is -2.11. The number of hydrogen-bond donors (Lipinski definition) is 0. The number of nitrogens with zero attached hydrogens (tertiary/aromatic N) is 1. The number of aromatic nitrogens is 1. The summed E-state index contributed by atoms with van der Waals surface area (Å²) in [5, 5.41) is 0. The van der Waals surface area contributed by atoms with Crippen LogP contribution >= 0.6 is 0 Å². The molecule has 1 rings (SSSR count). The molecule has 0 saturated heterocycles. The normalized spacial score (nSPS) is 12.9. The summed E-state index contributed by atoms with van der Waals surface area (Å²) in [4.78, 5) is 4.05. The van der Waals surface area contributed by atoms with Gasteiger partial charge in [0.15, 0.2) is 0 Å². The Balaban J connectivity index is 0.00000137. The molecule has 1 nitrogen and oxygen atoms in total. The van der Waals surface area contributed by atoms with E-state index in [2.05, 4.69) is 4.98 Å². The van der Waals surface area contributed by atoms with E-state index in [0.29, 0.717) is 11.6 Å². The van der Waals surface area contributed by atoms with Crippen LogP contribution in [0, 0.1) is 5.92 Å². The molecule has 1 aromatic rings. The summed E-state index contributed by atoms with van der Waals surface area (Å²) in [7, 11) is 0. The van der Waals surface area contributed by atoms with Crippen LogP contribution in [0.4, 0.5) is 13.2 Å². The fourth-order valence-corrected chi connectivity index (χ4v) is 1.85. The average molecular weight is 261 g/mol. The molecule has 0 saturated carbocycles. The molecular weight excluding hydrogens is 239 g/mol. The molecule has 0 N–H and O–H groups in total. The highest BCUT2D eigenvalue weighted by Gasteiger charge is 2.31. The van der Waals surface area contributed by atoms with Gasteiger partial charge in [0.2, 0.25) is 0 Å². The van der Waals surface area contributed by atoms with Crippen molar-refractivity contribution in [2.45, 2.75) is 53.1 Å². The second kappa shape index (κ2) is 7.39. The molecule has 0 aliphatic heterocycles. The molecule has 0 spiro atoms. The Bertz CT molecular complexity index is 345. The molecular formula is C14H22F3N. The average Bonchev–Trinajstić information content (AvgIpc) is 2.31. The molecule has 0 radical (unpaired) electrons. The van der Waals surface area contributed by atoms with Crippen LogP contribution in [0.2, 0.25) is 0 Å². The van der Waals surface area contributed by atoms with Gasteiger partial charge in [0, 0.05) is 17.8 Å². The van der Waals surface area contributed by atoms with Crippen molar-refractivity contribution in [1.29, 1.82) is 0 Å². The highest BCUT2D eigenvalue weighted by atomic mass is 19.4. The van der Waals surface area contributed by atoms with E-state index in [9.17, 15) is 13.2 Å². The van der Waals surface area contributed by atoms with Gasteiger partial charge in [0.05, 0.1) is 5.56 Å². The van der Waals surface area contributed by atoms with Crippen molar-refractivity contribution in [3.63, 3.8) is 0 Å². The van der Waals surface area contributed by atoms with Crippen molar-refractivity contribution in [3.8, 4) is 0 Å². The number of rotatable bonds is 3. The molecule has 0 amide bonds. The van der Waals surface area contributed by atoms with Gasteiger partial charge in [-0.15, -0.1) is 0 Å². The van der Waals surface area contributed by atoms with Gasteiger partial charge in [-0.25, -0.2) is 0 Å². The standard InChI is InChI=1S/C12H16F3N.C2H6/c1-4-10(8(2)3)11-7-9(5-6-16-11)12(13,14)15;1-2/h5-8,10H,4H2,1-3H3;1-2H3. The summed E-state index contributed by atoms with van der Waals surface area (Å²) in [6, 6.07) is 2.17. The van der Waals surface area contributed by atoms with Gasteiger partial charge < -0.3 is 0 Å². The van der Waals surface area contributed by atoms with Crippen LogP contribution < -0.4 is 0 Å². The summed E-state index contributed by atoms with van der Waals surface area (Å²) in [5.41, 5.74) is -0.0797. The Kier molecular flexibility index (Phi) is 6.96. The van der Waals surface area contributed by atoms with E-state index in [-0.39, 0.29) is 5.92 Å². The molecule has 104 valence electrons. The number of pyridine rings is 1. The fraction of sp³-hybridized carbons (Fsp3) is 0.643. The monoisotopic (exact) mass is 261 g/mol. The first kappa shape index (κ1) is 16.9. The molecule has 0 bridgehead atoms. The van der Waals surface area contributed by atoms with Crippen molar-refractivity contribution in [1.82, 2.24) is 4.98 Å². The van der Waals surface area contributed by atoms with Crippen molar-refractivity contribution >= 4 is 0 Å². The van der Waals surface area contributed by atoms with Crippen LogP contribution in [0.25, 0.3) is 0 Å². The highest BCUT2D eigenvalue weighted by Crippen LogP contribution is 2.32. The predicted octanol–water partition coefficient (Wildman–Crippen LogP) is 5.28. The first-order chi connectivity index (χ1) is 8.36. The number of alkyl halides is 3. The topological polar surface area (TPSA) is 12.9 Å². The van der Waals surface area contributed by atoms with E-state index in [1.165, 1.54) is 6.20 Å². The van der Waals surface area contributed by atoms with E-state index in [1.54, 1.807) is 0 Å². The zero-order valence-electron chi connectivity index (χ0n) is 11.7. The Morgan fingerprint density at radius 3 is 2.17 bits per heavy atom. The maximum atomic E-state index is 12.5. The van der Waals surface area contributed by atoms with Crippen LogP contribution in [0.5, 0.6) is 0 Å². The summed E-state index contributed by atoms with van der Waals surface area (Å²) >= 11 is 0. The second-order valence-electron chi connectivity index (χ2n) is 4.23. The van der Waals surface area contributed by atoms with Crippen molar-refractivity contribution in [3.05, 3.63) is 29.6 Å².